The average Bonchev–Trinajstić information content (AvgIpc) is 2.70. The van der Waals surface area contributed by atoms with Crippen LogP contribution in [0, 0.1) is 5.41 Å². The van der Waals surface area contributed by atoms with Crippen molar-refractivity contribution in [3.05, 3.63) is 46.5 Å². The molecule has 1 amide bonds. The molecule has 0 aliphatic heterocycles. The quantitative estimate of drug-likeness (QED) is 0.295. The summed E-state index contributed by atoms with van der Waals surface area (Å²) < 4.78 is 5.46. The average molecular weight is 319 g/mol. The molecule has 7 heteroatoms. The van der Waals surface area contributed by atoms with E-state index < -0.39 is 5.41 Å². The molecule has 0 spiro atoms. The summed E-state index contributed by atoms with van der Waals surface area (Å²) in [6, 6.07) is 0.0172. The Balaban J connectivity index is 2.50. The van der Waals surface area contributed by atoms with Crippen molar-refractivity contribution in [2.45, 2.75) is 26.3 Å². The molecule has 7 nitrogen and oxygen atoms in total. The third kappa shape index (κ3) is 6.69. The van der Waals surface area contributed by atoms with Gasteiger partial charge in [-0.05, 0) is 32.8 Å². The van der Waals surface area contributed by atoms with E-state index in [0.29, 0.717) is 18.9 Å². The fourth-order valence-corrected chi connectivity index (χ4v) is 1.97. The summed E-state index contributed by atoms with van der Waals surface area (Å²) in [6.07, 6.45) is 9.34. The number of allylic oxidation sites excluding steroid dienone is 3. The second-order valence-corrected chi connectivity index (χ2v) is 5.64. The second kappa shape index (κ2) is 9.84. The number of nitrogens with one attached hydrogen (secondary N) is 2. The summed E-state index contributed by atoms with van der Waals surface area (Å²) in [5, 5.41) is 9.55. The maximum absolute atomic E-state index is 12.5. The van der Waals surface area contributed by atoms with Crippen molar-refractivity contribution in [3.63, 3.8) is 0 Å². The Bertz CT molecular complexity index is 535. The van der Waals surface area contributed by atoms with Gasteiger partial charge in [0.25, 0.3) is 0 Å². The molecule has 0 fully saturated rings. The SMILES string of the molecule is CNCCOCCC(C)NC(=O)C1(C)C=CC=C(N=[N+]=[N-])C=C1. The molecule has 0 radical (unpaired) electrons. The number of rotatable bonds is 9. The van der Waals surface area contributed by atoms with Crippen LogP contribution in [-0.2, 0) is 9.53 Å². The number of nitrogens with zero attached hydrogens (tertiary/aromatic N) is 3. The van der Waals surface area contributed by atoms with Gasteiger partial charge in [0.05, 0.1) is 12.0 Å². The molecule has 1 aliphatic carbocycles. The number of amides is 1. The molecular formula is C16H25N5O2. The van der Waals surface area contributed by atoms with Crippen molar-refractivity contribution >= 4 is 5.91 Å². The largest absolute Gasteiger partial charge is 0.380 e. The molecule has 2 N–H and O–H groups in total. The molecule has 126 valence electrons. The van der Waals surface area contributed by atoms with Gasteiger partial charge in [-0.25, -0.2) is 0 Å². The number of hydrogen-bond donors (Lipinski definition) is 2. The molecule has 2 unspecified atom stereocenters. The Morgan fingerprint density at radius 3 is 2.96 bits per heavy atom. The van der Waals surface area contributed by atoms with E-state index in [9.17, 15) is 4.79 Å². The van der Waals surface area contributed by atoms with Crippen LogP contribution >= 0.6 is 0 Å². The van der Waals surface area contributed by atoms with E-state index in [-0.39, 0.29) is 11.9 Å². The highest BCUT2D eigenvalue weighted by Gasteiger charge is 2.28. The molecular weight excluding hydrogens is 294 g/mol. The number of carbonyl (C=O) groups is 1. The van der Waals surface area contributed by atoms with Crippen molar-refractivity contribution in [3.8, 4) is 0 Å². The lowest BCUT2D eigenvalue weighted by Crippen LogP contribution is -2.41. The van der Waals surface area contributed by atoms with Crippen LogP contribution in [0.15, 0.2) is 41.2 Å². The van der Waals surface area contributed by atoms with Crippen LogP contribution in [-0.4, -0.2) is 38.8 Å². The molecule has 0 aromatic rings. The number of hydrogen-bond acceptors (Lipinski definition) is 4. The highest BCUT2D eigenvalue weighted by atomic mass is 16.5. The predicted octanol–water partition coefficient (Wildman–Crippen LogP) is 2.44. The van der Waals surface area contributed by atoms with Crippen LogP contribution < -0.4 is 10.6 Å². The first-order chi connectivity index (χ1) is 11.0. The van der Waals surface area contributed by atoms with E-state index in [1.807, 2.05) is 20.9 Å². The van der Waals surface area contributed by atoms with Gasteiger partial charge in [0.15, 0.2) is 0 Å². The molecule has 0 saturated heterocycles. The number of likely N-dealkylation sites (N-methyl/N-ethyl adjacent to an activating group) is 1. The summed E-state index contributed by atoms with van der Waals surface area (Å²) in [4.78, 5) is 15.2. The van der Waals surface area contributed by atoms with Gasteiger partial charge in [-0.15, -0.1) is 0 Å². The Morgan fingerprint density at radius 1 is 1.48 bits per heavy atom. The van der Waals surface area contributed by atoms with Crippen LogP contribution in [0.5, 0.6) is 0 Å². The summed E-state index contributed by atoms with van der Waals surface area (Å²) in [5.41, 5.74) is 8.17. The van der Waals surface area contributed by atoms with E-state index in [1.54, 1.807) is 30.4 Å². The van der Waals surface area contributed by atoms with Gasteiger partial charge >= 0.3 is 0 Å². The Morgan fingerprint density at radius 2 is 2.26 bits per heavy atom. The van der Waals surface area contributed by atoms with Crippen molar-refractivity contribution in [1.29, 1.82) is 0 Å². The fourth-order valence-electron chi connectivity index (χ4n) is 1.97. The highest BCUT2D eigenvalue weighted by Crippen LogP contribution is 2.25. The molecule has 1 rings (SSSR count). The Labute approximate surface area is 137 Å². The van der Waals surface area contributed by atoms with Crippen LogP contribution in [0.1, 0.15) is 20.3 Å². The minimum atomic E-state index is -0.773. The molecule has 0 bridgehead atoms. The van der Waals surface area contributed by atoms with Crippen LogP contribution in [0.25, 0.3) is 10.4 Å². The molecule has 23 heavy (non-hydrogen) atoms. The first-order valence-corrected chi connectivity index (χ1v) is 7.69. The number of ether oxygens (including phenoxy) is 1. The Hall–Kier alpha value is -2.08. The monoisotopic (exact) mass is 319 g/mol. The number of azide groups is 1. The third-order valence-electron chi connectivity index (χ3n) is 3.53. The van der Waals surface area contributed by atoms with Gasteiger partial charge in [0.1, 0.15) is 0 Å². The van der Waals surface area contributed by atoms with Gasteiger partial charge < -0.3 is 15.4 Å². The van der Waals surface area contributed by atoms with Gasteiger partial charge in [-0.3, -0.25) is 4.79 Å². The van der Waals surface area contributed by atoms with Crippen LogP contribution in [0.3, 0.4) is 0 Å². The van der Waals surface area contributed by atoms with Crippen molar-refractivity contribution < 1.29 is 9.53 Å². The number of carbonyl (C=O) groups excluding carboxylic acids is 1. The minimum Gasteiger partial charge on any atom is -0.380 e. The summed E-state index contributed by atoms with van der Waals surface area (Å²) in [6.45, 7) is 5.85. The summed E-state index contributed by atoms with van der Waals surface area (Å²) >= 11 is 0. The molecule has 0 aromatic heterocycles. The van der Waals surface area contributed by atoms with Crippen LogP contribution in [0.2, 0.25) is 0 Å². The van der Waals surface area contributed by atoms with Gasteiger partial charge in [0, 0.05) is 29.8 Å². The van der Waals surface area contributed by atoms with Crippen molar-refractivity contribution in [2.24, 2.45) is 10.5 Å². The summed E-state index contributed by atoms with van der Waals surface area (Å²) in [7, 11) is 1.88. The van der Waals surface area contributed by atoms with Gasteiger partial charge in [-0.2, -0.15) is 0 Å². The maximum atomic E-state index is 12.5. The van der Waals surface area contributed by atoms with Gasteiger partial charge in [0.2, 0.25) is 5.91 Å². The lowest BCUT2D eigenvalue weighted by atomic mass is 9.88. The van der Waals surface area contributed by atoms with E-state index in [0.717, 1.165) is 13.0 Å². The fraction of sp³-hybridized carbons (Fsp3) is 0.562. The second-order valence-electron chi connectivity index (χ2n) is 5.64. The third-order valence-corrected chi connectivity index (χ3v) is 3.53. The lowest BCUT2D eigenvalue weighted by molar-refractivity contribution is -0.126. The normalized spacial score (nSPS) is 21.1. The van der Waals surface area contributed by atoms with E-state index >= 15 is 0 Å². The standard InChI is InChI=1S/C16H25N5O2/c1-13(7-11-23-12-10-18-3)19-15(22)16(2)8-4-5-14(6-9-16)20-21-17/h4-6,8-9,13,18H,7,10-12H2,1-3H3,(H,19,22). The molecule has 2 atom stereocenters. The molecule has 0 saturated carbocycles. The first kappa shape index (κ1) is 19.0. The minimum absolute atomic E-state index is 0.0172. The van der Waals surface area contributed by atoms with E-state index in [2.05, 4.69) is 20.7 Å². The van der Waals surface area contributed by atoms with Crippen molar-refractivity contribution in [2.75, 3.05) is 26.8 Å². The zero-order valence-electron chi connectivity index (χ0n) is 14.0. The zero-order valence-corrected chi connectivity index (χ0v) is 14.0. The smallest absolute Gasteiger partial charge is 0.233 e. The maximum Gasteiger partial charge on any atom is 0.233 e. The summed E-state index contributed by atoms with van der Waals surface area (Å²) in [5.74, 6) is -0.0942. The van der Waals surface area contributed by atoms with Gasteiger partial charge in [-0.1, -0.05) is 35.5 Å². The van der Waals surface area contributed by atoms with E-state index in [4.69, 9.17) is 10.3 Å². The lowest BCUT2D eigenvalue weighted by Gasteiger charge is -2.24. The first-order valence-electron chi connectivity index (χ1n) is 7.69. The topological polar surface area (TPSA) is 99.1 Å². The predicted molar refractivity (Wildman–Crippen MR) is 90.6 cm³/mol. The Kier molecular flexibility index (Phi) is 8.11. The highest BCUT2D eigenvalue weighted by molar-refractivity contribution is 5.86. The zero-order chi connectivity index (χ0) is 17.1. The van der Waals surface area contributed by atoms with Crippen molar-refractivity contribution in [1.82, 2.24) is 10.6 Å². The molecule has 0 heterocycles. The van der Waals surface area contributed by atoms with Crippen LogP contribution in [0.4, 0.5) is 0 Å². The van der Waals surface area contributed by atoms with E-state index in [1.165, 1.54) is 0 Å². The molecule has 0 aromatic carbocycles. The molecule has 1 aliphatic rings.